The number of pyridine rings is 2. The van der Waals surface area contributed by atoms with Gasteiger partial charge in [-0.3, -0.25) is 9.20 Å². The van der Waals surface area contributed by atoms with Gasteiger partial charge in [0, 0.05) is 42.7 Å². The van der Waals surface area contributed by atoms with E-state index in [1.165, 1.54) is 12.8 Å². The fourth-order valence-corrected chi connectivity index (χ4v) is 5.36. The minimum absolute atomic E-state index is 0.0223. The first-order valence-electron chi connectivity index (χ1n) is 12.2. The van der Waals surface area contributed by atoms with Crippen LogP contribution < -0.4 is 10.5 Å². The summed E-state index contributed by atoms with van der Waals surface area (Å²) in [6, 6.07) is 9.62. The van der Waals surface area contributed by atoms with Crippen molar-refractivity contribution in [2.45, 2.75) is 45.2 Å². The van der Waals surface area contributed by atoms with Crippen LogP contribution in [0, 0.1) is 12.8 Å². The maximum Gasteiger partial charge on any atom is 0.254 e. The topological polar surface area (TPSA) is 90.7 Å². The highest BCUT2D eigenvalue weighted by molar-refractivity contribution is 6.29. The molecule has 1 aliphatic heterocycles. The fourth-order valence-electron chi connectivity index (χ4n) is 5.21. The molecule has 1 atom stereocenters. The van der Waals surface area contributed by atoms with Crippen molar-refractivity contribution in [1.82, 2.24) is 23.8 Å². The third-order valence-corrected chi connectivity index (χ3v) is 7.42. The average Bonchev–Trinajstić information content (AvgIpc) is 3.53. The summed E-state index contributed by atoms with van der Waals surface area (Å²) in [5.41, 5.74) is 11.0. The Morgan fingerprint density at radius 2 is 2.03 bits per heavy atom. The minimum atomic E-state index is -0.0372. The number of nitrogens with two attached hydrogens (primary N) is 1. The van der Waals surface area contributed by atoms with E-state index < -0.39 is 0 Å². The van der Waals surface area contributed by atoms with E-state index in [-0.39, 0.29) is 11.9 Å². The van der Waals surface area contributed by atoms with E-state index in [9.17, 15) is 4.79 Å². The van der Waals surface area contributed by atoms with Crippen LogP contribution in [0.4, 0.5) is 0 Å². The van der Waals surface area contributed by atoms with Gasteiger partial charge >= 0.3 is 0 Å². The number of halogens is 1. The average molecular weight is 493 g/mol. The van der Waals surface area contributed by atoms with Crippen LogP contribution in [0.1, 0.15) is 41.7 Å². The second kappa shape index (κ2) is 8.53. The van der Waals surface area contributed by atoms with Gasteiger partial charge in [0.15, 0.2) is 5.88 Å². The molecule has 35 heavy (non-hydrogen) atoms. The van der Waals surface area contributed by atoms with Crippen molar-refractivity contribution in [3.63, 3.8) is 0 Å². The van der Waals surface area contributed by atoms with Gasteiger partial charge in [-0.15, -0.1) is 0 Å². The number of amides is 1. The number of aromatic nitrogens is 4. The highest BCUT2D eigenvalue weighted by Gasteiger charge is 2.28. The maximum absolute atomic E-state index is 13.3. The van der Waals surface area contributed by atoms with Crippen molar-refractivity contribution in [3.8, 4) is 17.3 Å². The summed E-state index contributed by atoms with van der Waals surface area (Å²) in [5.74, 6) is 1.19. The number of hydrogen-bond donors (Lipinski definition) is 1. The number of rotatable bonds is 5. The van der Waals surface area contributed by atoms with Gasteiger partial charge in [0.05, 0.1) is 18.5 Å². The van der Waals surface area contributed by atoms with Crippen molar-refractivity contribution < 1.29 is 9.53 Å². The summed E-state index contributed by atoms with van der Waals surface area (Å²) in [5, 5.41) is 1.51. The van der Waals surface area contributed by atoms with E-state index in [2.05, 4.69) is 15.6 Å². The second-order valence-corrected chi connectivity index (χ2v) is 10.2. The van der Waals surface area contributed by atoms with Crippen LogP contribution in [-0.2, 0) is 6.54 Å². The summed E-state index contributed by atoms with van der Waals surface area (Å²) < 4.78 is 9.93. The van der Waals surface area contributed by atoms with Crippen LogP contribution in [0.2, 0.25) is 5.15 Å². The molecule has 1 aliphatic carbocycles. The molecule has 1 saturated heterocycles. The molecule has 1 saturated carbocycles. The van der Waals surface area contributed by atoms with E-state index in [0.717, 1.165) is 54.0 Å². The smallest absolute Gasteiger partial charge is 0.254 e. The second-order valence-electron chi connectivity index (χ2n) is 9.81. The number of aryl methyl sites for hydroxylation is 1. The SMILES string of the molecule is COc1cc(C(=O)N2CCC[C@@H](N)C2)cc2nc(-c3cc4ccc(Cl)nc4n3CC3CC3)c(C)n12. The molecule has 1 amide bonds. The van der Waals surface area contributed by atoms with E-state index >= 15 is 0 Å². The summed E-state index contributed by atoms with van der Waals surface area (Å²) in [6.45, 7) is 4.20. The Bertz CT molecular complexity index is 1450. The number of imidazole rings is 1. The van der Waals surface area contributed by atoms with Crippen molar-refractivity contribution in [2.75, 3.05) is 20.2 Å². The lowest BCUT2D eigenvalue weighted by Gasteiger charge is -2.30. The molecule has 0 radical (unpaired) electrons. The summed E-state index contributed by atoms with van der Waals surface area (Å²) in [6.07, 6.45) is 4.32. The van der Waals surface area contributed by atoms with Crippen LogP contribution in [0.5, 0.6) is 5.88 Å². The molecule has 0 aromatic carbocycles. The Labute approximate surface area is 208 Å². The number of piperidine rings is 1. The Kier molecular flexibility index (Phi) is 5.45. The molecular formula is C26H29ClN6O2. The first-order valence-corrected chi connectivity index (χ1v) is 12.6. The number of hydrogen-bond acceptors (Lipinski definition) is 5. The molecule has 2 N–H and O–H groups in total. The molecule has 182 valence electrons. The maximum atomic E-state index is 13.3. The van der Waals surface area contributed by atoms with E-state index in [1.807, 2.05) is 34.4 Å². The Balaban J connectivity index is 1.48. The zero-order valence-corrected chi connectivity index (χ0v) is 20.8. The van der Waals surface area contributed by atoms with Crippen LogP contribution >= 0.6 is 11.6 Å². The van der Waals surface area contributed by atoms with E-state index in [4.69, 9.17) is 27.1 Å². The molecule has 2 aliphatic rings. The number of methoxy groups -OCH3 is 1. The van der Waals surface area contributed by atoms with Gasteiger partial charge in [0.1, 0.15) is 22.1 Å². The minimum Gasteiger partial charge on any atom is -0.482 e. The van der Waals surface area contributed by atoms with Crippen LogP contribution in [0.25, 0.3) is 28.1 Å². The zero-order chi connectivity index (χ0) is 24.3. The number of likely N-dealkylation sites (tertiary alicyclic amines) is 1. The third-order valence-electron chi connectivity index (χ3n) is 7.21. The lowest BCUT2D eigenvalue weighted by Crippen LogP contribution is -2.45. The van der Waals surface area contributed by atoms with Gasteiger partial charge in [-0.05, 0) is 62.8 Å². The van der Waals surface area contributed by atoms with Gasteiger partial charge in [-0.2, -0.15) is 0 Å². The number of nitrogens with zero attached hydrogens (tertiary/aromatic N) is 5. The van der Waals surface area contributed by atoms with Gasteiger partial charge in [-0.25, -0.2) is 9.97 Å². The van der Waals surface area contributed by atoms with Crippen LogP contribution in [0.3, 0.4) is 0 Å². The van der Waals surface area contributed by atoms with Gasteiger partial charge in [0.25, 0.3) is 5.91 Å². The highest BCUT2D eigenvalue weighted by Crippen LogP contribution is 2.37. The molecule has 4 aromatic heterocycles. The molecule has 4 aromatic rings. The van der Waals surface area contributed by atoms with Crippen molar-refractivity contribution in [3.05, 3.63) is 46.7 Å². The quantitative estimate of drug-likeness (QED) is 0.419. The third kappa shape index (κ3) is 3.94. The summed E-state index contributed by atoms with van der Waals surface area (Å²) >= 11 is 6.25. The Morgan fingerprint density at radius 1 is 1.20 bits per heavy atom. The Morgan fingerprint density at radius 3 is 2.77 bits per heavy atom. The highest BCUT2D eigenvalue weighted by atomic mass is 35.5. The normalized spacial score (nSPS) is 18.5. The number of carbonyl (C=O) groups is 1. The molecule has 0 unspecified atom stereocenters. The molecule has 2 fully saturated rings. The molecular weight excluding hydrogens is 464 g/mol. The largest absolute Gasteiger partial charge is 0.482 e. The lowest BCUT2D eigenvalue weighted by atomic mass is 10.1. The molecule has 0 bridgehead atoms. The fraction of sp³-hybridized carbons (Fsp3) is 0.423. The number of carbonyl (C=O) groups excluding carboxylic acids is 1. The van der Waals surface area contributed by atoms with Gasteiger partial charge in [-0.1, -0.05) is 11.6 Å². The van der Waals surface area contributed by atoms with Crippen molar-refractivity contribution in [2.24, 2.45) is 11.7 Å². The predicted molar refractivity (Wildman–Crippen MR) is 136 cm³/mol. The first-order chi connectivity index (χ1) is 16.9. The molecule has 5 heterocycles. The molecule has 0 spiro atoms. The van der Waals surface area contributed by atoms with Gasteiger partial charge < -0.3 is 19.9 Å². The number of ether oxygens (including phenoxy) is 1. The van der Waals surface area contributed by atoms with Crippen molar-refractivity contribution in [1.29, 1.82) is 0 Å². The van der Waals surface area contributed by atoms with E-state index in [0.29, 0.717) is 34.7 Å². The standard InChI is InChI=1S/C26H29ClN6O2/c1-15-24(20-10-17-7-8-21(27)29-25(17)32(20)13-16-5-6-16)30-22-11-18(12-23(35-2)33(15)22)26(34)31-9-3-4-19(28)14-31/h7-8,10-12,16,19H,3-6,9,13-14,28H2,1-2H3/t19-/m1/s1. The number of fused-ring (bicyclic) bond motifs is 2. The van der Waals surface area contributed by atoms with Crippen LogP contribution in [-0.4, -0.2) is 56.0 Å². The Hall–Kier alpha value is -3.10. The molecule has 6 rings (SSSR count). The van der Waals surface area contributed by atoms with Crippen molar-refractivity contribution >= 4 is 34.2 Å². The summed E-state index contributed by atoms with van der Waals surface area (Å²) in [4.78, 5) is 24.8. The predicted octanol–water partition coefficient (Wildman–Crippen LogP) is 4.29. The zero-order valence-electron chi connectivity index (χ0n) is 20.0. The lowest BCUT2D eigenvalue weighted by molar-refractivity contribution is 0.0708. The molecule has 8 nitrogen and oxygen atoms in total. The van der Waals surface area contributed by atoms with Crippen LogP contribution in [0.15, 0.2) is 30.3 Å². The monoisotopic (exact) mass is 492 g/mol. The van der Waals surface area contributed by atoms with Gasteiger partial charge in [0.2, 0.25) is 0 Å². The first kappa shape index (κ1) is 22.4. The summed E-state index contributed by atoms with van der Waals surface area (Å²) in [7, 11) is 1.62. The molecule has 9 heteroatoms. The van der Waals surface area contributed by atoms with E-state index in [1.54, 1.807) is 13.2 Å².